The molecule has 4 heteroatoms. The molecule has 1 aliphatic heterocycles. The van der Waals surface area contributed by atoms with E-state index in [0.29, 0.717) is 6.61 Å². The Morgan fingerprint density at radius 2 is 2.67 bits per heavy atom. The topological polar surface area (TPSA) is 33.6 Å². The van der Waals surface area contributed by atoms with Crippen molar-refractivity contribution in [3.05, 3.63) is 0 Å². The molecule has 0 aromatic rings. The molecule has 3 nitrogen and oxygen atoms in total. The molecule has 1 N–H and O–H groups in total. The number of hydrogen-bond acceptors (Lipinski definition) is 4. The van der Waals surface area contributed by atoms with E-state index in [1.807, 2.05) is 0 Å². The third kappa shape index (κ3) is 2.20. The normalized spacial score (nSPS) is 26.9. The Hall–Kier alpha value is -0.280. The summed E-state index contributed by atoms with van der Waals surface area (Å²) in [5, 5.41) is 5.40. The maximum absolute atomic E-state index is 5.16. The van der Waals surface area contributed by atoms with Gasteiger partial charge in [-0.3, -0.25) is 0 Å². The molecule has 1 saturated heterocycles. The highest BCUT2D eigenvalue weighted by Crippen LogP contribution is 1.94. The zero-order valence-electron chi connectivity index (χ0n) is 4.96. The van der Waals surface area contributed by atoms with Gasteiger partial charge in [-0.15, -0.1) is 0 Å². The molecule has 0 saturated carbocycles. The molecule has 0 radical (unpaired) electrons. The van der Waals surface area contributed by atoms with Gasteiger partial charge in [0.25, 0.3) is 0 Å². The van der Waals surface area contributed by atoms with Gasteiger partial charge in [0.05, 0.1) is 11.8 Å². The monoisotopic (exact) mass is 144 g/mol. The van der Waals surface area contributed by atoms with Crippen LogP contribution in [0.3, 0.4) is 0 Å². The van der Waals surface area contributed by atoms with Crippen LogP contribution in [0.2, 0.25) is 0 Å². The van der Waals surface area contributed by atoms with Gasteiger partial charge in [-0.05, 0) is 12.2 Å². The highest BCUT2D eigenvalue weighted by molar-refractivity contribution is 7.78. The molecule has 9 heavy (non-hydrogen) atoms. The van der Waals surface area contributed by atoms with Gasteiger partial charge >= 0.3 is 0 Å². The average Bonchev–Trinajstić information content (AvgIpc) is 1.91. The van der Waals surface area contributed by atoms with Gasteiger partial charge in [-0.25, -0.2) is 0 Å². The van der Waals surface area contributed by atoms with Gasteiger partial charge in [0.2, 0.25) is 0 Å². The summed E-state index contributed by atoms with van der Waals surface area (Å²) in [5.41, 5.74) is 0. The maximum Gasteiger partial charge on any atom is 0.170 e. The third-order valence-electron chi connectivity index (χ3n) is 1.10. The van der Waals surface area contributed by atoms with Crippen molar-refractivity contribution in [2.75, 3.05) is 19.7 Å². The molecule has 50 valence electrons. The van der Waals surface area contributed by atoms with Gasteiger partial charge < -0.3 is 10.1 Å². The lowest BCUT2D eigenvalue weighted by Crippen LogP contribution is -2.37. The van der Waals surface area contributed by atoms with E-state index in [4.69, 9.17) is 4.74 Å². The summed E-state index contributed by atoms with van der Waals surface area (Å²) in [7, 11) is 0. The second-order valence-electron chi connectivity index (χ2n) is 1.75. The van der Waals surface area contributed by atoms with E-state index in [-0.39, 0.29) is 6.23 Å². The van der Waals surface area contributed by atoms with Crippen LogP contribution in [0.25, 0.3) is 0 Å². The SMILES string of the molecule is S=C=NC1CNCCO1. The lowest BCUT2D eigenvalue weighted by atomic mass is 10.5. The largest absolute Gasteiger partial charge is 0.353 e. The Kier molecular flexibility index (Phi) is 2.80. The van der Waals surface area contributed by atoms with E-state index in [1.165, 1.54) is 0 Å². The molecule has 1 unspecified atom stereocenters. The number of morpholine rings is 1. The predicted octanol–water partition coefficient (Wildman–Crippen LogP) is 0.0351. The number of isothiocyanates is 1. The summed E-state index contributed by atoms with van der Waals surface area (Å²) >= 11 is 4.41. The summed E-state index contributed by atoms with van der Waals surface area (Å²) in [6, 6.07) is 0. The maximum atomic E-state index is 5.16. The third-order valence-corrected chi connectivity index (χ3v) is 1.21. The van der Waals surface area contributed by atoms with E-state index >= 15 is 0 Å². The Morgan fingerprint density at radius 1 is 1.78 bits per heavy atom. The van der Waals surface area contributed by atoms with Crippen LogP contribution in [0.5, 0.6) is 0 Å². The van der Waals surface area contributed by atoms with Crippen molar-refractivity contribution in [3.8, 4) is 0 Å². The van der Waals surface area contributed by atoms with Gasteiger partial charge in [0.1, 0.15) is 0 Å². The quantitative estimate of drug-likeness (QED) is 0.416. The highest BCUT2D eigenvalue weighted by Gasteiger charge is 2.09. The summed E-state index contributed by atoms with van der Waals surface area (Å²) < 4.78 is 5.16. The van der Waals surface area contributed by atoms with E-state index in [2.05, 4.69) is 27.7 Å². The first-order valence-electron chi connectivity index (χ1n) is 2.83. The van der Waals surface area contributed by atoms with Crippen LogP contribution in [0.4, 0.5) is 0 Å². The lowest BCUT2D eigenvalue weighted by Gasteiger charge is -2.18. The number of nitrogens with one attached hydrogen (secondary N) is 1. The predicted molar refractivity (Wildman–Crippen MR) is 37.6 cm³/mol. The van der Waals surface area contributed by atoms with Crippen LogP contribution in [-0.2, 0) is 4.74 Å². The highest BCUT2D eigenvalue weighted by atomic mass is 32.1. The van der Waals surface area contributed by atoms with Crippen molar-refractivity contribution in [2.45, 2.75) is 6.23 Å². The second kappa shape index (κ2) is 3.69. The molecule has 1 fully saturated rings. The van der Waals surface area contributed by atoms with Crippen LogP contribution in [0.1, 0.15) is 0 Å². The molecule has 0 amide bonds. The van der Waals surface area contributed by atoms with Crippen molar-refractivity contribution in [2.24, 2.45) is 4.99 Å². The number of hydrogen-bond donors (Lipinski definition) is 1. The van der Waals surface area contributed by atoms with Gasteiger partial charge in [0, 0.05) is 13.1 Å². The smallest absolute Gasteiger partial charge is 0.170 e. The van der Waals surface area contributed by atoms with E-state index in [0.717, 1.165) is 13.1 Å². The first kappa shape index (κ1) is 6.83. The fraction of sp³-hybridized carbons (Fsp3) is 0.800. The molecular formula is C5H8N2OS. The number of rotatable bonds is 1. The van der Waals surface area contributed by atoms with Gasteiger partial charge in [0.15, 0.2) is 6.23 Å². The second-order valence-corrected chi connectivity index (χ2v) is 1.93. The Labute approximate surface area is 59.1 Å². The van der Waals surface area contributed by atoms with Crippen LogP contribution in [0, 0.1) is 0 Å². The number of aliphatic imine (C=N–C) groups is 1. The van der Waals surface area contributed by atoms with E-state index in [9.17, 15) is 0 Å². The first-order valence-corrected chi connectivity index (χ1v) is 3.23. The van der Waals surface area contributed by atoms with Gasteiger partial charge in [-0.2, -0.15) is 4.99 Å². The van der Waals surface area contributed by atoms with Crippen molar-refractivity contribution in [3.63, 3.8) is 0 Å². The minimum Gasteiger partial charge on any atom is -0.353 e. The molecule has 1 aliphatic rings. The Bertz CT molecular complexity index is 127. The average molecular weight is 144 g/mol. The number of thiocarbonyl (C=S) groups is 1. The number of nitrogens with zero attached hydrogens (tertiary/aromatic N) is 1. The molecule has 0 aromatic heterocycles. The van der Waals surface area contributed by atoms with Gasteiger partial charge in [-0.1, -0.05) is 0 Å². The Balaban J connectivity index is 2.31. The van der Waals surface area contributed by atoms with Crippen LogP contribution >= 0.6 is 12.2 Å². The molecule has 1 heterocycles. The lowest BCUT2D eigenvalue weighted by molar-refractivity contribution is 0.0354. The van der Waals surface area contributed by atoms with Crippen LogP contribution in [-0.4, -0.2) is 31.1 Å². The summed E-state index contributed by atoms with van der Waals surface area (Å²) in [6.45, 7) is 2.37. The first-order chi connectivity index (χ1) is 4.43. The molecular weight excluding hydrogens is 136 g/mol. The Morgan fingerprint density at radius 3 is 3.22 bits per heavy atom. The fourth-order valence-electron chi connectivity index (χ4n) is 0.693. The van der Waals surface area contributed by atoms with Crippen LogP contribution in [0.15, 0.2) is 4.99 Å². The minimum atomic E-state index is -0.101. The standard InChI is InChI=1S/C5H8N2OS/c9-4-7-5-3-6-1-2-8-5/h5-6H,1-3H2. The number of ether oxygens (including phenoxy) is 1. The molecule has 0 aromatic carbocycles. The molecule has 0 spiro atoms. The summed E-state index contributed by atoms with van der Waals surface area (Å²) in [5.74, 6) is 0. The zero-order chi connectivity index (χ0) is 6.53. The van der Waals surface area contributed by atoms with Crippen molar-refractivity contribution in [1.29, 1.82) is 0 Å². The van der Waals surface area contributed by atoms with Crippen LogP contribution < -0.4 is 5.32 Å². The molecule has 0 aliphatic carbocycles. The molecule has 1 rings (SSSR count). The molecule has 0 bridgehead atoms. The van der Waals surface area contributed by atoms with Crippen molar-refractivity contribution >= 4 is 17.4 Å². The van der Waals surface area contributed by atoms with Crippen molar-refractivity contribution < 1.29 is 4.74 Å². The minimum absolute atomic E-state index is 0.101. The zero-order valence-corrected chi connectivity index (χ0v) is 5.78. The summed E-state index contributed by atoms with van der Waals surface area (Å²) in [4.78, 5) is 3.76. The van der Waals surface area contributed by atoms with E-state index < -0.39 is 0 Å². The molecule has 1 atom stereocenters. The van der Waals surface area contributed by atoms with E-state index in [1.54, 1.807) is 0 Å². The van der Waals surface area contributed by atoms with Crippen molar-refractivity contribution in [1.82, 2.24) is 5.32 Å². The fourth-order valence-corrected chi connectivity index (χ4v) is 0.811. The summed E-state index contributed by atoms with van der Waals surface area (Å²) in [6.07, 6.45) is -0.101.